The van der Waals surface area contributed by atoms with Crippen LogP contribution in [0, 0.1) is 0 Å². The van der Waals surface area contributed by atoms with Gasteiger partial charge in [-0.25, -0.2) is 4.98 Å². The van der Waals surface area contributed by atoms with Gasteiger partial charge in [0.05, 0.1) is 37.6 Å². The van der Waals surface area contributed by atoms with Crippen LogP contribution in [0.15, 0.2) is 42.6 Å². The average molecular weight is 356 g/mol. The summed E-state index contributed by atoms with van der Waals surface area (Å²) in [5, 5.41) is 0.649. The molecule has 128 valence electrons. The highest BCUT2D eigenvalue weighted by atomic mass is 35.5. The van der Waals surface area contributed by atoms with Gasteiger partial charge >= 0.3 is 0 Å². The Morgan fingerprint density at radius 1 is 1.08 bits per heavy atom. The Morgan fingerprint density at radius 3 is 2.72 bits per heavy atom. The maximum Gasteiger partial charge on any atom is 0.148 e. The van der Waals surface area contributed by atoms with Crippen molar-refractivity contribution in [3.8, 4) is 16.9 Å². The van der Waals surface area contributed by atoms with Gasteiger partial charge in [0.25, 0.3) is 0 Å². The number of halogens is 1. The fraction of sp³-hybridized carbons (Fsp3) is 0.263. The zero-order valence-electron chi connectivity index (χ0n) is 13.9. The van der Waals surface area contributed by atoms with Crippen LogP contribution in [0.2, 0.25) is 5.02 Å². The van der Waals surface area contributed by atoms with Crippen LogP contribution in [0.5, 0.6) is 5.75 Å². The number of morpholine rings is 1. The highest BCUT2D eigenvalue weighted by molar-refractivity contribution is 6.30. The van der Waals surface area contributed by atoms with Gasteiger partial charge in [-0.3, -0.25) is 4.98 Å². The summed E-state index contributed by atoms with van der Waals surface area (Å²) in [6, 6.07) is 11.7. The number of hydrogen-bond donors (Lipinski definition) is 0. The molecule has 5 nitrogen and oxygen atoms in total. The number of rotatable bonds is 3. The van der Waals surface area contributed by atoms with Gasteiger partial charge < -0.3 is 14.4 Å². The zero-order chi connectivity index (χ0) is 17.2. The molecule has 1 aliphatic rings. The van der Waals surface area contributed by atoms with Crippen molar-refractivity contribution in [2.24, 2.45) is 0 Å². The summed E-state index contributed by atoms with van der Waals surface area (Å²) in [7, 11) is 1.65. The highest BCUT2D eigenvalue weighted by Crippen LogP contribution is 2.33. The molecule has 6 heteroatoms. The molecule has 1 aliphatic heterocycles. The van der Waals surface area contributed by atoms with Crippen molar-refractivity contribution in [2.45, 2.75) is 0 Å². The minimum absolute atomic E-state index is 0.649. The molecule has 0 radical (unpaired) electrons. The molecule has 0 saturated carbocycles. The Bertz CT molecular complexity index is 910. The first-order valence-electron chi connectivity index (χ1n) is 8.18. The van der Waals surface area contributed by atoms with Gasteiger partial charge in [0.2, 0.25) is 0 Å². The maximum atomic E-state index is 6.07. The van der Waals surface area contributed by atoms with Crippen LogP contribution in [-0.2, 0) is 4.74 Å². The van der Waals surface area contributed by atoms with Gasteiger partial charge in [0.15, 0.2) is 0 Å². The highest BCUT2D eigenvalue weighted by Gasteiger charge is 2.14. The summed E-state index contributed by atoms with van der Waals surface area (Å²) >= 11 is 6.07. The fourth-order valence-corrected chi connectivity index (χ4v) is 3.18. The van der Waals surface area contributed by atoms with E-state index >= 15 is 0 Å². The monoisotopic (exact) mass is 355 g/mol. The van der Waals surface area contributed by atoms with Crippen LogP contribution in [0.25, 0.3) is 22.2 Å². The van der Waals surface area contributed by atoms with E-state index < -0.39 is 0 Å². The Morgan fingerprint density at radius 2 is 1.92 bits per heavy atom. The van der Waals surface area contributed by atoms with Crippen molar-refractivity contribution in [2.75, 3.05) is 38.3 Å². The summed E-state index contributed by atoms with van der Waals surface area (Å²) in [5.74, 6) is 1.63. The second-order valence-corrected chi connectivity index (χ2v) is 6.31. The summed E-state index contributed by atoms with van der Waals surface area (Å²) in [5.41, 5.74) is 3.73. The molecule has 3 aromatic rings. The molecule has 0 aliphatic carbocycles. The number of hydrogen-bond acceptors (Lipinski definition) is 5. The van der Waals surface area contributed by atoms with E-state index in [1.54, 1.807) is 7.11 Å². The summed E-state index contributed by atoms with van der Waals surface area (Å²) < 4.78 is 10.9. The van der Waals surface area contributed by atoms with Gasteiger partial charge in [0, 0.05) is 23.7 Å². The molecule has 0 N–H and O–H groups in total. The van der Waals surface area contributed by atoms with Crippen molar-refractivity contribution in [1.29, 1.82) is 0 Å². The SMILES string of the molecule is COc1cc(Cl)ccc1-c1ccc2ncc(N3CCOCC3)nc2c1. The number of nitrogens with zero attached hydrogens (tertiary/aromatic N) is 3. The molecule has 2 aromatic carbocycles. The van der Waals surface area contributed by atoms with E-state index in [2.05, 4.69) is 9.88 Å². The predicted molar refractivity (Wildman–Crippen MR) is 99.6 cm³/mol. The van der Waals surface area contributed by atoms with Gasteiger partial charge in [-0.2, -0.15) is 0 Å². The number of benzene rings is 2. The van der Waals surface area contributed by atoms with Gasteiger partial charge in [-0.05, 0) is 35.9 Å². The van der Waals surface area contributed by atoms with Crippen molar-refractivity contribution in [3.63, 3.8) is 0 Å². The van der Waals surface area contributed by atoms with Crippen LogP contribution in [0.3, 0.4) is 0 Å². The molecule has 4 rings (SSSR count). The van der Waals surface area contributed by atoms with Crippen molar-refractivity contribution in [1.82, 2.24) is 9.97 Å². The molecule has 25 heavy (non-hydrogen) atoms. The second kappa shape index (κ2) is 6.86. The smallest absolute Gasteiger partial charge is 0.148 e. The van der Waals surface area contributed by atoms with Crippen molar-refractivity contribution < 1.29 is 9.47 Å². The third-order valence-corrected chi connectivity index (χ3v) is 4.57. The molecule has 0 spiro atoms. The number of aromatic nitrogens is 2. The molecule has 0 atom stereocenters. The van der Waals surface area contributed by atoms with E-state index in [9.17, 15) is 0 Å². The largest absolute Gasteiger partial charge is 0.496 e. The molecule has 1 fully saturated rings. The van der Waals surface area contributed by atoms with E-state index in [0.717, 1.165) is 60.0 Å². The normalized spacial score (nSPS) is 14.7. The van der Waals surface area contributed by atoms with E-state index in [1.807, 2.05) is 42.6 Å². The minimum atomic E-state index is 0.649. The first-order valence-corrected chi connectivity index (χ1v) is 8.56. The molecule has 0 amide bonds. The lowest BCUT2D eigenvalue weighted by Gasteiger charge is -2.27. The molecular weight excluding hydrogens is 338 g/mol. The maximum absolute atomic E-state index is 6.07. The van der Waals surface area contributed by atoms with Crippen LogP contribution in [0.1, 0.15) is 0 Å². The first kappa shape index (κ1) is 16.1. The standard InChI is InChI=1S/C19H18ClN3O2/c1-24-18-11-14(20)3-4-15(18)13-2-5-16-17(10-13)22-19(12-21-16)23-6-8-25-9-7-23/h2-5,10-12H,6-9H2,1H3. The fourth-order valence-electron chi connectivity index (χ4n) is 3.02. The quantitative estimate of drug-likeness (QED) is 0.715. The lowest BCUT2D eigenvalue weighted by Crippen LogP contribution is -2.36. The number of methoxy groups -OCH3 is 1. The molecule has 1 saturated heterocycles. The van der Waals surface area contributed by atoms with Crippen LogP contribution < -0.4 is 9.64 Å². The number of anilines is 1. The first-order chi connectivity index (χ1) is 12.2. The molecular formula is C19H18ClN3O2. The van der Waals surface area contributed by atoms with Crippen molar-refractivity contribution >= 4 is 28.5 Å². The molecule has 0 unspecified atom stereocenters. The Hall–Kier alpha value is -2.37. The Kier molecular flexibility index (Phi) is 4.42. The summed E-state index contributed by atoms with van der Waals surface area (Å²) in [6.45, 7) is 3.12. The van der Waals surface area contributed by atoms with E-state index in [0.29, 0.717) is 5.02 Å². The molecule has 0 bridgehead atoms. The zero-order valence-corrected chi connectivity index (χ0v) is 14.7. The van der Waals surface area contributed by atoms with Gasteiger partial charge in [-0.15, -0.1) is 0 Å². The third-order valence-electron chi connectivity index (χ3n) is 4.34. The summed E-state index contributed by atoms with van der Waals surface area (Å²) in [6.07, 6.45) is 1.83. The van der Waals surface area contributed by atoms with E-state index in [4.69, 9.17) is 26.1 Å². The minimum Gasteiger partial charge on any atom is -0.496 e. The lowest BCUT2D eigenvalue weighted by atomic mass is 10.0. The van der Waals surface area contributed by atoms with E-state index in [-0.39, 0.29) is 0 Å². The lowest BCUT2D eigenvalue weighted by molar-refractivity contribution is 0.122. The second-order valence-electron chi connectivity index (χ2n) is 5.88. The van der Waals surface area contributed by atoms with Crippen LogP contribution in [0.4, 0.5) is 5.82 Å². The summed E-state index contributed by atoms with van der Waals surface area (Å²) in [4.78, 5) is 11.5. The van der Waals surface area contributed by atoms with Gasteiger partial charge in [-0.1, -0.05) is 17.7 Å². The predicted octanol–water partition coefficient (Wildman–Crippen LogP) is 3.80. The molecule has 2 heterocycles. The Labute approximate surface area is 151 Å². The molecule has 1 aromatic heterocycles. The van der Waals surface area contributed by atoms with Crippen molar-refractivity contribution in [3.05, 3.63) is 47.6 Å². The number of ether oxygens (including phenoxy) is 2. The van der Waals surface area contributed by atoms with Crippen LogP contribution >= 0.6 is 11.6 Å². The topological polar surface area (TPSA) is 47.5 Å². The van der Waals surface area contributed by atoms with Crippen LogP contribution in [-0.4, -0.2) is 43.4 Å². The third kappa shape index (κ3) is 3.25. The van der Waals surface area contributed by atoms with E-state index in [1.165, 1.54) is 0 Å². The van der Waals surface area contributed by atoms with Gasteiger partial charge in [0.1, 0.15) is 11.6 Å². The number of fused-ring (bicyclic) bond motifs is 1. The Balaban J connectivity index is 1.76. The average Bonchev–Trinajstić information content (AvgIpc) is 2.67.